The van der Waals surface area contributed by atoms with Crippen LogP contribution in [0.3, 0.4) is 0 Å². The Morgan fingerprint density at radius 2 is 1.88 bits per heavy atom. The summed E-state index contributed by atoms with van der Waals surface area (Å²) in [6, 6.07) is 9.81. The maximum absolute atomic E-state index is 12.2. The van der Waals surface area contributed by atoms with Crippen LogP contribution in [0.25, 0.3) is 0 Å². The molecule has 0 unspecified atom stereocenters. The molecule has 0 saturated carbocycles. The molecule has 1 atom stereocenters. The van der Waals surface area contributed by atoms with E-state index in [9.17, 15) is 9.59 Å². The van der Waals surface area contributed by atoms with E-state index in [1.807, 2.05) is 13.0 Å². The minimum Gasteiger partial charge on any atom is -0.496 e. The first-order valence-electron chi connectivity index (χ1n) is 7.88. The van der Waals surface area contributed by atoms with Crippen LogP contribution in [0, 0.1) is 6.92 Å². The summed E-state index contributed by atoms with van der Waals surface area (Å²) in [7, 11) is 1.46. The van der Waals surface area contributed by atoms with Crippen LogP contribution >= 0.6 is 23.2 Å². The fourth-order valence-corrected chi connectivity index (χ4v) is 2.98. The summed E-state index contributed by atoms with van der Waals surface area (Å²) in [5.41, 5.74) is 1.87. The predicted octanol–water partition coefficient (Wildman–Crippen LogP) is 4.34. The lowest BCUT2D eigenvalue weighted by Gasteiger charge is -2.16. The first-order chi connectivity index (χ1) is 12.3. The van der Waals surface area contributed by atoms with Gasteiger partial charge in [-0.1, -0.05) is 40.9 Å². The zero-order valence-electron chi connectivity index (χ0n) is 14.6. The van der Waals surface area contributed by atoms with Crippen molar-refractivity contribution in [2.75, 3.05) is 13.7 Å². The summed E-state index contributed by atoms with van der Waals surface area (Å²) in [6.45, 7) is 3.21. The second-order valence-electron chi connectivity index (χ2n) is 5.73. The van der Waals surface area contributed by atoms with Crippen molar-refractivity contribution in [2.24, 2.45) is 0 Å². The van der Waals surface area contributed by atoms with E-state index < -0.39 is 18.5 Å². The average Bonchev–Trinajstić information content (AvgIpc) is 2.59. The van der Waals surface area contributed by atoms with Crippen molar-refractivity contribution >= 4 is 35.1 Å². The van der Waals surface area contributed by atoms with Gasteiger partial charge in [0.1, 0.15) is 11.3 Å². The largest absolute Gasteiger partial charge is 0.496 e. The fourth-order valence-electron chi connectivity index (χ4n) is 2.40. The van der Waals surface area contributed by atoms with Crippen LogP contribution in [0.1, 0.15) is 34.5 Å². The molecule has 0 saturated heterocycles. The summed E-state index contributed by atoms with van der Waals surface area (Å²) in [4.78, 5) is 24.3. The van der Waals surface area contributed by atoms with Crippen LogP contribution in [-0.2, 0) is 9.53 Å². The van der Waals surface area contributed by atoms with Crippen LogP contribution in [0.2, 0.25) is 10.0 Å². The number of aryl methyl sites for hydroxylation is 1. The van der Waals surface area contributed by atoms with Crippen molar-refractivity contribution in [3.63, 3.8) is 0 Å². The first-order valence-corrected chi connectivity index (χ1v) is 8.63. The third-order valence-electron chi connectivity index (χ3n) is 3.72. The normalized spacial score (nSPS) is 11.6. The van der Waals surface area contributed by atoms with E-state index in [0.29, 0.717) is 15.8 Å². The van der Waals surface area contributed by atoms with Crippen molar-refractivity contribution in [3.8, 4) is 5.75 Å². The van der Waals surface area contributed by atoms with E-state index in [2.05, 4.69) is 5.32 Å². The quantitative estimate of drug-likeness (QED) is 0.738. The molecule has 2 aromatic carbocycles. The van der Waals surface area contributed by atoms with Gasteiger partial charge in [0.25, 0.3) is 5.91 Å². The average molecular weight is 396 g/mol. The van der Waals surface area contributed by atoms with E-state index in [1.165, 1.54) is 7.11 Å². The number of carbonyl (C=O) groups excluding carboxylic acids is 2. The Bertz CT molecular complexity index is 823. The van der Waals surface area contributed by atoms with E-state index >= 15 is 0 Å². The number of halogens is 2. The Kier molecular flexibility index (Phi) is 6.89. The molecule has 0 bridgehead atoms. The highest BCUT2D eigenvalue weighted by molar-refractivity contribution is 6.35. The Balaban J connectivity index is 1.96. The molecule has 2 aromatic rings. The van der Waals surface area contributed by atoms with Crippen LogP contribution in [0.4, 0.5) is 0 Å². The molecule has 2 rings (SSSR count). The summed E-state index contributed by atoms with van der Waals surface area (Å²) in [5.74, 6) is -0.677. The lowest BCUT2D eigenvalue weighted by molar-refractivity contribution is -0.124. The van der Waals surface area contributed by atoms with Gasteiger partial charge in [-0.2, -0.15) is 0 Å². The zero-order valence-corrected chi connectivity index (χ0v) is 16.1. The van der Waals surface area contributed by atoms with Crippen LogP contribution in [0.5, 0.6) is 5.75 Å². The molecule has 1 amide bonds. The highest BCUT2D eigenvalue weighted by atomic mass is 35.5. The molecule has 0 aliphatic heterocycles. The molecule has 26 heavy (non-hydrogen) atoms. The van der Waals surface area contributed by atoms with Gasteiger partial charge < -0.3 is 14.8 Å². The molecule has 0 spiro atoms. The van der Waals surface area contributed by atoms with Gasteiger partial charge in [0.2, 0.25) is 0 Å². The zero-order chi connectivity index (χ0) is 19.3. The molecule has 5 nitrogen and oxygen atoms in total. The number of ether oxygens (including phenoxy) is 2. The minimum atomic E-state index is -0.627. The number of esters is 1. The smallest absolute Gasteiger partial charge is 0.342 e. The van der Waals surface area contributed by atoms with E-state index in [1.54, 1.807) is 37.3 Å². The molecule has 0 aliphatic rings. The van der Waals surface area contributed by atoms with Gasteiger partial charge in [0.05, 0.1) is 13.2 Å². The second kappa shape index (κ2) is 8.92. The van der Waals surface area contributed by atoms with Gasteiger partial charge in [-0.25, -0.2) is 4.79 Å². The topological polar surface area (TPSA) is 64.6 Å². The number of nitrogens with one attached hydrogen (secondary N) is 1. The molecule has 0 fully saturated rings. The van der Waals surface area contributed by atoms with Gasteiger partial charge in [-0.15, -0.1) is 0 Å². The molecule has 0 aromatic heterocycles. The number of hydrogen-bond acceptors (Lipinski definition) is 4. The van der Waals surface area contributed by atoms with Crippen molar-refractivity contribution < 1.29 is 19.1 Å². The van der Waals surface area contributed by atoms with E-state index in [0.717, 1.165) is 11.1 Å². The fraction of sp³-hybridized carbons (Fsp3) is 0.263. The van der Waals surface area contributed by atoms with Crippen molar-refractivity contribution in [2.45, 2.75) is 19.9 Å². The number of hydrogen-bond donors (Lipinski definition) is 1. The van der Waals surface area contributed by atoms with Crippen molar-refractivity contribution in [3.05, 3.63) is 63.1 Å². The Hall–Kier alpha value is -2.24. The Labute approximate surface area is 162 Å². The van der Waals surface area contributed by atoms with E-state index in [-0.39, 0.29) is 11.6 Å². The standard InChI is InChI=1S/C19H19Cl2NO4/c1-11-4-7-17(25-3)15(8-11)19(24)26-10-18(23)22-12(2)14-6-5-13(20)9-16(14)21/h4-9,12H,10H2,1-3H3,(H,22,23)/t12-/m1/s1. The highest BCUT2D eigenvalue weighted by Gasteiger charge is 2.17. The summed E-state index contributed by atoms with van der Waals surface area (Å²) in [5, 5.41) is 3.69. The van der Waals surface area contributed by atoms with E-state index in [4.69, 9.17) is 32.7 Å². The van der Waals surface area contributed by atoms with Crippen LogP contribution in [0.15, 0.2) is 36.4 Å². The SMILES string of the molecule is COc1ccc(C)cc1C(=O)OCC(=O)N[C@H](C)c1ccc(Cl)cc1Cl. The predicted molar refractivity (Wildman–Crippen MR) is 101 cm³/mol. The number of rotatable bonds is 6. The van der Waals surface area contributed by atoms with Gasteiger partial charge >= 0.3 is 5.97 Å². The van der Waals surface area contributed by atoms with Crippen LogP contribution in [-0.4, -0.2) is 25.6 Å². The van der Waals surface area contributed by atoms with Crippen LogP contribution < -0.4 is 10.1 Å². The Morgan fingerprint density at radius 1 is 1.15 bits per heavy atom. The van der Waals surface area contributed by atoms with Crippen molar-refractivity contribution in [1.29, 1.82) is 0 Å². The highest BCUT2D eigenvalue weighted by Crippen LogP contribution is 2.26. The van der Waals surface area contributed by atoms with Gasteiger partial charge in [-0.05, 0) is 43.7 Å². The molecule has 0 radical (unpaired) electrons. The molecular formula is C19H19Cl2NO4. The first kappa shape index (κ1) is 20.1. The number of methoxy groups -OCH3 is 1. The molecule has 0 heterocycles. The molecule has 0 aliphatic carbocycles. The van der Waals surface area contributed by atoms with Gasteiger partial charge in [0, 0.05) is 10.0 Å². The number of benzene rings is 2. The summed E-state index contributed by atoms with van der Waals surface area (Å²) >= 11 is 12.0. The molecular weight excluding hydrogens is 377 g/mol. The van der Waals surface area contributed by atoms with Gasteiger partial charge in [-0.3, -0.25) is 4.79 Å². The lowest BCUT2D eigenvalue weighted by Crippen LogP contribution is -2.31. The maximum atomic E-state index is 12.2. The minimum absolute atomic E-state index is 0.272. The summed E-state index contributed by atoms with van der Waals surface area (Å²) < 4.78 is 10.2. The maximum Gasteiger partial charge on any atom is 0.342 e. The van der Waals surface area contributed by atoms with Crippen molar-refractivity contribution in [1.82, 2.24) is 5.32 Å². The third-order valence-corrected chi connectivity index (χ3v) is 4.28. The monoisotopic (exact) mass is 395 g/mol. The third kappa shape index (κ3) is 5.13. The number of amides is 1. The lowest BCUT2D eigenvalue weighted by atomic mass is 10.1. The second-order valence-corrected chi connectivity index (χ2v) is 6.58. The molecule has 138 valence electrons. The Morgan fingerprint density at radius 3 is 2.54 bits per heavy atom. The van der Waals surface area contributed by atoms with Gasteiger partial charge in [0.15, 0.2) is 6.61 Å². The molecule has 1 N–H and O–H groups in total. The number of carbonyl (C=O) groups is 2. The molecule has 7 heteroatoms. The summed E-state index contributed by atoms with van der Waals surface area (Å²) in [6.07, 6.45) is 0.